The van der Waals surface area contributed by atoms with Gasteiger partial charge in [0.2, 0.25) is 5.91 Å². The minimum atomic E-state index is -0.451. The third-order valence-corrected chi connectivity index (χ3v) is 5.87. The highest BCUT2D eigenvalue weighted by molar-refractivity contribution is 6.36. The second-order valence-corrected chi connectivity index (χ2v) is 7.98. The highest BCUT2D eigenvalue weighted by atomic mass is 35.5. The maximum Gasteiger partial charge on any atom is 0.249 e. The van der Waals surface area contributed by atoms with Crippen LogP contribution in [0.25, 0.3) is 32.9 Å². The van der Waals surface area contributed by atoms with E-state index in [0.29, 0.717) is 22.2 Å². The minimum absolute atomic E-state index is 0.451. The molecule has 0 saturated carbocycles. The van der Waals surface area contributed by atoms with Gasteiger partial charge in [-0.25, -0.2) is 0 Å². The van der Waals surface area contributed by atoms with Crippen LogP contribution < -0.4 is 5.73 Å². The van der Waals surface area contributed by atoms with E-state index in [-0.39, 0.29) is 0 Å². The van der Waals surface area contributed by atoms with E-state index in [1.54, 1.807) is 24.7 Å². The van der Waals surface area contributed by atoms with Gasteiger partial charge in [0.15, 0.2) is 0 Å². The first-order chi connectivity index (χ1) is 14.5. The molecule has 0 spiro atoms. The van der Waals surface area contributed by atoms with Gasteiger partial charge in [-0.1, -0.05) is 47.5 Å². The van der Waals surface area contributed by atoms with Gasteiger partial charge in [-0.3, -0.25) is 4.79 Å². The number of carbonyl (C=O) groups is 1. The number of amides is 1. The van der Waals surface area contributed by atoms with E-state index in [9.17, 15) is 4.79 Å². The molecule has 0 saturated heterocycles. The Kier molecular flexibility index (Phi) is 4.54. The Labute approximate surface area is 182 Å². The maximum absolute atomic E-state index is 12.1. The summed E-state index contributed by atoms with van der Waals surface area (Å²) in [6.45, 7) is 0.594. The Hall–Kier alpha value is -3.21. The van der Waals surface area contributed by atoms with E-state index in [1.165, 1.54) is 0 Å². The molecular weight excluding hydrogens is 419 g/mol. The van der Waals surface area contributed by atoms with Crippen molar-refractivity contribution >= 4 is 50.9 Å². The molecule has 0 unspecified atom stereocenters. The first kappa shape index (κ1) is 18.8. The van der Waals surface area contributed by atoms with E-state index >= 15 is 0 Å². The molecule has 4 nitrogen and oxygen atoms in total. The molecule has 5 aromatic rings. The third kappa shape index (κ3) is 3.05. The van der Waals surface area contributed by atoms with Crippen LogP contribution >= 0.6 is 23.2 Å². The SMILES string of the molecule is NC(=O)c1cccc2c1c1ccc(-c3ccc(Cl)cc3Cl)cc1n2Cc1ccoc1. The summed E-state index contributed by atoms with van der Waals surface area (Å²) in [5, 5.41) is 2.97. The summed E-state index contributed by atoms with van der Waals surface area (Å²) in [7, 11) is 0. The lowest BCUT2D eigenvalue weighted by Crippen LogP contribution is -2.11. The highest BCUT2D eigenvalue weighted by Crippen LogP contribution is 2.37. The largest absolute Gasteiger partial charge is 0.472 e. The predicted molar refractivity (Wildman–Crippen MR) is 121 cm³/mol. The number of furan rings is 1. The van der Waals surface area contributed by atoms with Crippen molar-refractivity contribution in [1.82, 2.24) is 4.57 Å². The first-order valence-corrected chi connectivity index (χ1v) is 10.1. The van der Waals surface area contributed by atoms with Crippen molar-refractivity contribution in [2.24, 2.45) is 5.73 Å². The zero-order valence-electron chi connectivity index (χ0n) is 15.7. The Balaban J connectivity index is 1.82. The molecule has 0 radical (unpaired) electrons. The molecule has 0 fully saturated rings. The summed E-state index contributed by atoms with van der Waals surface area (Å²) in [5.41, 5.74) is 11.0. The first-order valence-electron chi connectivity index (χ1n) is 9.34. The molecular formula is C24H16Cl2N2O2. The van der Waals surface area contributed by atoms with Crippen molar-refractivity contribution in [3.05, 3.63) is 94.4 Å². The van der Waals surface area contributed by atoms with Crippen LogP contribution in [0.5, 0.6) is 0 Å². The molecule has 6 heteroatoms. The van der Waals surface area contributed by atoms with Crippen LogP contribution in [0.2, 0.25) is 10.0 Å². The number of hydrogen-bond acceptors (Lipinski definition) is 2. The van der Waals surface area contributed by atoms with E-state index in [0.717, 1.165) is 38.5 Å². The molecule has 30 heavy (non-hydrogen) atoms. The molecule has 1 amide bonds. The zero-order valence-corrected chi connectivity index (χ0v) is 17.2. The third-order valence-electron chi connectivity index (χ3n) is 5.32. The number of hydrogen-bond donors (Lipinski definition) is 1. The summed E-state index contributed by atoms with van der Waals surface area (Å²) in [5.74, 6) is -0.451. The van der Waals surface area contributed by atoms with Gasteiger partial charge in [-0.15, -0.1) is 0 Å². The molecule has 0 atom stereocenters. The Bertz CT molecular complexity index is 1420. The summed E-state index contributed by atoms with van der Waals surface area (Å²) < 4.78 is 7.41. The van der Waals surface area contributed by atoms with E-state index in [4.69, 9.17) is 33.4 Å². The molecule has 0 aliphatic heterocycles. The van der Waals surface area contributed by atoms with Crippen LogP contribution in [-0.4, -0.2) is 10.5 Å². The van der Waals surface area contributed by atoms with Crippen molar-refractivity contribution in [2.75, 3.05) is 0 Å². The summed E-state index contributed by atoms with van der Waals surface area (Å²) in [6.07, 6.45) is 3.37. The fourth-order valence-electron chi connectivity index (χ4n) is 3.98. The molecule has 5 rings (SSSR count). The number of halogens is 2. The molecule has 148 valence electrons. The van der Waals surface area contributed by atoms with E-state index < -0.39 is 5.91 Å². The molecule has 2 heterocycles. The number of rotatable bonds is 4. The summed E-state index contributed by atoms with van der Waals surface area (Å²) >= 11 is 12.5. The average molecular weight is 435 g/mol. The zero-order chi connectivity index (χ0) is 20.8. The van der Waals surface area contributed by atoms with Crippen molar-refractivity contribution < 1.29 is 9.21 Å². The highest BCUT2D eigenvalue weighted by Gasteiger charge is 2.18. The van der Waals surface area contributed by atoms with Crippen LogP contribution in [-0.2, 0) is 6.54 Å². The van der Waals surface area contributed by atoms with Gasteiger partial charge in [0.25, 0.3) is 0 Å². The molecule has 0 aliphatic carbocycles. The van der Waals surface area contributed by atoms with E-state index in [2.05, 4.69) is 10.6 Å². The van der Waals surface area contributed by atoms with Crippen LogP contribution in [0.15, 0.2) is 77.6 Å². The van der Waals surface area contributed by atoms with Crippen molar-refractivity contribution in [3.63, 3.8) is 0 Å². The van der Waals surface area contributed by atoms with Gasteiger partial charge >= 0.3 is 0 Å². The van der Waals surface area contributed by atoms with Gasteiger partial charge in [0.05, 0.1) is 30.1 Å². The van der Waals surface area contributed by atoms with Gasteiger partial charge in [0, 0.05) is 37.5 Å². The fraction of sp³-hybridized carbons (Fsp3) is 0.0417. The normalized spacial score (nSPS) is 11.4. The topological polar surface area (TPSA) is 61.2 Å². The van der Waals surface area contributed by atoms with Gasteiger partial charge in [-0.05, 0) is 42.0 Å². The van der Waals surface area contributed by atoms with Gasteiger partial charge < -0.3 is 14.7 Å². The lowest BCUT2D eigenvalue weighted by Gasteiger charge is -2.09. The fourth-order valence-corrected chi connectivity index (χ4v) is 4.49. The number of nitrogens with two attached hydrogens (primary N) is 1. The number of fused-ring (bicyclic) bond motifs is 3. The maximum atomic E-state index is 12.1. The quantitative estimate of drug-likeness (QED) is 0.350. The summed E-state index contributed by atoms with van der Waals surface area (Å²) in [4.78, 5) is 12.1. The van der Waals surface area contributed by atoms with Crippen molar-refractivity contribution in [3.8, 4) is 11.1 Å². The van der Waals surface area contributed by atoms with Gasteiger partial charge in [0.1, 0.15) is 0 Å². The predicted octanol–water partition coefficient (Wildman–Crippen LogP) is 6.51. The molecule has 0 aliphatic rings. The molecule has 2 N–H and O–H groups in total. The van der Waals surface area contributed by atoms with Crippen molar-refractivity contribution in [1.29, 1.82) is 0 Å². The number of primary amides is 1. The van der Waals surface area contributed by atoms with Crippen LogP contribution in [0.1, 0.15) is 15.9 Å². The molecule has 3 aromatic carbocycles. The number of aromatic nitrogens is 1. The minimum Gasteiger partial charge on any atom is -0.472 e. The number of nitrogens with zero attached hydrogens (tertiary/aromatic N) is 1. The number of benzene rings is 3. The van der Waals surface area contributed by atoms with Crippen LogP contribution in [0, 0.1) is 0 Å². The Morgan fingerprint density at radius 2 is 1.87 bits per heavy atom. The lowest BCUT2D eigenvalue weighted by molar-refractivity contribution is 0.100. The molecule has 0 bridgehead atoms. The van der Waals surface area contributed by atoms with Crippen molar-refractivity contribution in [2.45, 2.75) is 6.54 Å². The summed E-state index contributed by atoms with van der Waals surface area (Å²) in [6, 6.07) is 19.1. The Morgan fingerprint density at radius 3 is 2.60 bits per heavy atom. The van der Waals surface area contributed by atoms with Gasteiger partial charge in [-0.2, -0.15) is 0 Å². The monoisotopic (exact) mass is 434 g/mol. The second-order valence-electron chi connectivity index (χ2n) is 7.14. The Morgan fingerprint density at radius 1 is 1.00 bits per heavy atom. The molecule has 2 aromatic heterocycles. The second kappa shape index (κ2) is 7.24. The van der Waals surface area contributed by atoms with Crippen LogP contribution in [0.3, 0.4) is 0 Å². The average Bonchev–Trinajstić information content (AvgIpc) is 3.34. The van der Waals surface area contributed by atoms with Crippen LogP contribution in [0.4, 0.5) is 0 Å². The number of carbonyl (C=O) groups excluding carboxylic acids is 1. The lowest BCUT2D eigenvalue weighted by atomic mass is 10.0. The smallest absolute Gasteiger partial charge is 0.249 e. The standard InChI is InChI=1S/C24H16Cl2N2O2/c25-16-5-7-17(20(26)11-16)15-4-6-18-22(10-15)28(12-14-8-9-30-13-14)21-3-1-2-19(23(18)21)24(27)29/h1-11,13H,12H2,(H2,27,29). The van der Waals surface area contributed by atoms with E-state index in [1.807, 2.05) is 42.5 Å².